The molecule has 1 aliphatic rings. The van der Waals surface area contributed by atoms with Crippen molar-refractivity contribution in [2.24, 2.45) is 0 Å². The summed E-state index contributed by atoms with van der Waals surface area (Å²) in [4.78, 5) is 13.5. The summed E-state index contributed by atoms with van der Waals surface area (Å²) < 4.78 is 4.55. The first-order valence-electron chi connectivity index (χ1n) is 6.03. The third kappa shape index (κ3) is 3.18. The summed E-state index contributed by atoms with van der Waals surface area (Å²) in [6.07, 6.45) is 3.56. The molecule has 1 saturated carbocycles. The van der Waals surface area contributed by atoms with Gasteiger partial charge in [0.2, 0.25) is 0 Å². The van der Waals surface area contributed by atoms with Crippen LogP contribution in [0.15, 0.2) is 0 Å². The van der Waals surface area contributed by atoms with E-state index >= 15 is 0 Å². The lowest BCUT2D eigenvalue weighted by molar-refractivity contribution is -0.160. The van der Waals surface area contributed by atoms with Crippen molar-refractivity contribution in [1.82, 2.24) is 10.2 Å². The average molecular weight is 244 g/mol. The highest BCUT2D eigenvalue weighted by Gasteiger charge is 2.39. The zero-order chi connectivity index (χ0) is 13.1. The minimum Gasteiger partial charge on any atom is -0.467 e. The van der Waals surface area contributed by atoms with Gasteiger partial charge in [0, 0.05) is 18.6 Å². The maximum Gasteiger partial charge on any atom is 0.338 e. The van der Waals surface area contributed by atoms with Gasteiger partial charge < -0.3 is 20.1 Å². The second-order valence-corrected chi connectivity index (χ2v) is 5.34. The standard InChI is InChI=1S/C12H24N2O3/c1-11(16,10(15)17-4)8-13-9-12(14(2)3)6-5-7-12/h13,16H,5-9H2,1-4H3. The molecular formula is C12H24N2O3. The van der Waals surface area contributed by atoms with Crippen LogP contribution in [0, 0.1) is 0 Å². The molecule has 5 nitrogen and oxygen atoms in total. The minimum absolute atomic E-state index is 0.187. The Hall–Kier alpha value is -0.650. The number of carbonyl (C=O) groups excluding carboxylic acids is 1. The monoisotopic (exact) mass is 244 g/mol. The molecule has 0 heterocycles. The van der Waals surface area contributed by atoms with Crippen LogP contribution in [0.5, 0.6) is 0 Å². The number of hydrogen-bond acceptors (Lipinski definition) is 5. The molecule has 2 N–H and O–H groups in total. The van der Waals surface area contributed by atoms with E-state index in [1.165, 1.54) is 20.5 Å². The lowest BCUT2D eigenvalue weighted by atomic mass is 9.75. The maximum absolute atomic E-state index is 11.3. The molecule has 0 aromatic heterocycles. The first-order chi connectivity index (χ1) is 7.84. The van der Waals surface area contributed by atoms with E-state index in [0.717, 1.165) is 19.4 Å². The molecule has 100 valence electrons. The Bertz CT molecular complexity index is 273. The molecule has 1 rings (SSSR count). The largest absolute Gasteiger partial charge is 0.467 e. The van der Waals surface area contributed by atoms with Crippen LogP contribution in [-0.2, 0) is 9.53 Å². The highest BCUT2D eigenvalue weighted by atomic mass is 16.5. The Morgan fingerprint density at radius 1 is 1.53 bits per heavy atom. The quantitative estimate of drug-likeness (QED) is 0.643. The Balaban J connectivity index is 2.39. The molecule has 0 radical (unpaired) electrons. The van der Waals surface area contributed by atoms with Gasteiger partial charge >= 0.3 is 5.97 Å². The number of ether oxygens (including phenoxy) is 1. The highest BCUT2D eigenvalue weighted by Crippen LogP contribution is 2.35. The van der Waals surface area contributed by atoms with Crippen molar-refractivity contribution in [2.75, 3.05) is 34.3 Å². The number of esters is 1. The summed E-state index contributed by atoms with van der Waals surface area (Å²) in [6, 6.07) is 0. The van der Waals surface area contributed by atoms with Crippen molar-refractivity contribution in [3.8, 4) is 0 Å². The van der Waals surface area contributed by atoms with Crippen LogP contribution in [-0.4, -0.2) is 61.4 Å². The highest BCUT2D eigenvalue weighted by molar-refractivity contribution is 5.78. The Morgan fingerprint density at radius 3 is 2.47 bits per heavy atom. The molecule has 0 bridgehead atoms. The molecule has 1 unspecified atom stereocenters. The van der Waals surface area contributed by atoms with Gasteiger partial charge in [-0.25, -0.2) is 4.79 Å². The maximum atomic E-state index is 11.3. The molecule has 17 heavy (non-hydrogen) atoms. The minimum atomic E-state index is -1.45. The third-order valence-corrected chi connectivity index (χ3v) is 3.78. The fourth-order valence-corrected chi connectivity index (χ4v) is 2.20. The van der Waals surface area contributed by atoms with Gasteiger partial charge in [-0.15, -0.1) is 0 Å². The van der Waals surface area contributed by atoms with Crippen molar-refractivity contribution in [3.63, 3.8) is 0 Å². The van der Waals surface area contributed by atoms with E-state index in [1.54, 1.807) is 0 Å². The molecule has 0 aromatic carbocycles. The van der Waals surface area contributed by atoms with E-state index in [4.69, 9.17) is 0 Å². The number of aliphatic hydroxyl groups is 1. The van der Waals surface area contributed by atoms with Gasteiger partial charge in [0.15, 0.2) is 5.60 Å². The van der Waals surface area contributed by atoms with E-state index in [9.17, 15) is 9.90 Å². The van der Waals surface area contributed by atoms with Crippen LogP contribution >= 0.6 is 0 Å². The summed E-state index contributed by atoms with van der Waals surface area (Å²) >= 11 is 0. The van der Waals surface area contributed by atoms with Crippen LogP contribution < -0.4 is 5.32 Å². The first-order valence-corrected chi connectivity index (χ1v) is 6.03. The lowest BCUT2D eigenvalue weighted by Crippen LogP contribution is -2.58. The summed E-state index contributed by atoms with van der Waals surface area (Å²) in [6.45, 7) is 2.47. The van der Waals surface area contributed by atoms with Crippen molar-refractivity contribution in [3.05, 3.63) is 0 Å². The van der Waals surface area contributed by atoms with Gasteiger partial charge in [-0.1, -0.05) is 0 Å². The van der Waals surface area contributed by atoms with E-state index in [-0.39, 0.29) is 12.1 Å². The zero-order valence-electron chi connectivity index (χ0n) is 11.2. The van der Waals surface area contributed by atoms with Crippen LogP contribution in [0.25, 0.3) is 0 Å². The smallest absolute Gasteiger partial charge is 0.338 e. The predicted molar refractivity (Wildman–Crippen MR) is 65.8 cm³/mol. The lowest BCUT2D eigenvalue weighted by Gasteiger charge is -2.47. The fourth-order valence-electron chi connectivity index (χ4n) is 2.20. The summed E-state index contributed by atoms with van der Waals surface area (Å²) in [7, 11) is 5.42. The normalized spacial score (nSPS) is 21.8. The molecule has 1 atom stereocenters. The topological polar surface area (TPSA) is 61.8 Å². The molecule has 0 spiro atoms. The Kier molecular flexibility index (Phi) is 4.52. The van der Waals surface area contributed by atoms with Crippen molar-refractivity contribution >= 4 is 5.97 Å². The molecule has 0 aliphatic heterocycles. The summed E-state index contributed by atoms with van der Waals surface area (Å²) in [5.74, 6) is -0.600. The second-order valence-electron chi connectivity index (χ2n) is 5.34. The van der Waals surface area contributed by atoms with E-state index in [2.05, 4.69) is 29.0 Å². The number of nitrogens with one attached hydrogen (secondary N) is 1. The van der Waals surface area contributed by atoms with Crippen LogP contribution in [0.3, 0.4) is 0 Å². The number of rotatable bonds is 6. The van der Waals surface area contributed by atoms with Gasteiger partial charge in [-0.2, -0.15) is 0 Å². The van der Waals surface area contributed by atoms with Gasteiger partial charge in [-0.05, 0) is 40.3 Å². The molecule has 0 amide bonds. The molecule has 5 heteroatoms. The summed E-state index contributed by atoms with van der Waals surface area (Å²) in [5.41, 5.74) is -1.27. The second kappa shape index (κ2) is 5.33. The van der Waals surface area contributed by atoms with Crippen molar-refractivity contribution < 1.29 is 14.6 Å². The Labute approximate surface area is 103 Å². The van der Waals surface area contributed by atoms with E-state index in [0.29, 0.717) is 0 Å². The molecule has 0 saturated heterocycles. The molecule has 0 aromatic rings. The van der Waals surface area contributed by atoms with Gasteiger partial charge in [0.05, 0.1) is 7.11 Å². The number of methoxy groups -OCH3 is 1. The van der Waals surface area contributed by atoms with Crippen molar-refractivity contribution in [2.45, 2.75) is 37.3 Å². The van der Waals surface area contributed by atoms with E-state index in [1.807, 2.05) is 0 Å². The van der Waals surface area contributed by atoms with Gasteiger partial charge in [0.1, 0.15) is 0 Å². The van der Waals surface area contributed by atoms with Gasteiger partial charge in [0.25, 0.3) is 0 Å². The molecule has 1 aliphatic carbocycles. The SMILES string of the molecule is COC(=O)C(C)(O)CNCC1(N(C)C)CCC1. The predicted octanol–water partition coefficient (Wildman–Crippen LogP) is -0.0157. The molecule has 1 fully saturated rings. The van der Waals surface area contributed by atoms with E-state index < -0.39 is 11.6 Å². The van der Waals surface area contributed by atoms with Crippen LogP contribution in [0.4, 0.5) is 0 Å². The third-order valence-electron chi connectivity index (χ3n) is 3.78. The summed E-state index contributed by atoms with van der Waals surface area (Å²) in [5, 5.41) is 13.0. The van der Waals surface area contributed by atoms with Gasteiger partial charge in [-0.3, -0.25) is 0 Å². The Morgan fingerprint density at radius 2 is 2.12 bits per heavy atom. The van der Waals surface area contributed by atoms with Crippen LogP contribution in [0.1, 0.15) is 26.2 Å². The number of carbonyl (C=O) groups is 1. The average Bonchev–Trinajstić information content (AvgIpc) is 2.19. The van der Waals surface area contributed by atoms with Crippen LogP contribution in [0.2, 0.25) is 0 Å². The number of likely N-dealkylation sites (N-methyl/N-ethyl adjacent to an activating group) is 1. The van der Waals surface area contributed by atoms with Crippen molar-refractivity contribution in [1.29, 1.82) is 0 Å². The first kappa shape index (κ1) is 14.4. The zero-order valence-corrected chi connectivity index (χ0v) is 11.2. The number of nitrogens with zero attached hydrogens (tertiary/aromatic N) is 1. The fraction of sp³-hybridized carbons (Fsp3) is 0.917. The number of hydrogen-bond donors (Lipinski definition) is 2. The molecular weight excluding hydrogens is 220 g/mol.